The van der Waals surface area contributed by atoms with Crippen LogP contribution in [-0.2, 0) is 11.2 Å². The van der Waals surface area contributed by atoms with Crippen molar-refractivity contribution in [1.82, 2.24) is 4.98 Å². The third-order valence-corrected chi connectivity index (χ3v) is 6.42. The van der Waals surface area contributed by atoms with Crippen molar-refractivity contribution < 1.29 is 9.90 Å². The molecule has 0 spiro atoms. The summed E-state index contributed by atoms with van der Waals surface area (Å²) in [4.78, 5) is 15.2. The van der Waals surface area contributed by atoms with E-state index in [1.165, 1.54) is 67.7 Å². The van der Waals surface area contributed by atoms with Crippen LogP contribution in [0.4, 0.5) is 0 Å². The van der Waals surface area contributed by atoms with Crippen LogP contribution in [0.2, 0.25) is 0 Å². The zero-order chi connectivity index (χ0) is 21.2. The van der Waals surface area contributed by atoms with Gasteiger partial charge in [0.1, 0.15) is 0 Å². The van der Waals surface area contributed by atoms with Crippen molar-refractivity contribution >= 4 is 5.97 Å². The Balaban J connectivity index is 1.48. The molecule has 1 N–H and O–H groups in total. The lowest BCUT2D eigenvalue weighted by molar-refractivity contribution is -0.131. The molecule has 0 saturated heterocycles. The monoisotopic (exact) mass is 405 g/mol. The maximum absolute atomic E-state index is 10.5. The van der Waals surface area contributed by atoms with Crippen molar-refractivity contribution in [1.29, 1.82) is 0 Å². The molecule has 0 amide bonds. The van der Waals surface area contributed by atoms with Gasteiger partial charge in [-0.1, -0.05) is 56.2 Å². The van der Waals surface area contributed by atoms with Crippen LogP contribution in [0.5, 0.6) is 0 Å². The van der Waals surface area contributed by atoms with E-state index in [1.54, 1.807) is 6.08 Å². The summed E-state index contributed by atoms with van der Waals surface area (Å²) in [6, 6.07) is 13.4. The Bertz CT molecular complexity index is 800. The molecule has 0 radical (unpaired) electrons. The number of carboxylic acid groups (broad SMARTS) is 1. The molecule has 1 aromatic heterocycles. The Labute approximate surface area is 181 Å². The number of hydrogen-bond donors (Lipinski definition) is 1. The highest BCUT2D eigenvalue weighted by atomic mass is 16.4. The molecule has 0 bridgehead atoms. The molecule has 2 aromatic rings. The second kappa shape index (κ2) is 11.7. The molecule has 1 saturated carbocycles. The molecule has 1 aromatic carbocycles. The van der Waals surface area contributed by atoms with Gasteiger partial charge in [-0.3, -0.25) is 4.98 Å². The second-order valence-corrected chi connectivity index (χ2v) is 8.67. The van der Waals surface area contributed by atoms with E-state index in [1.807, 2.05) is 6.20 Å². The van der Waals surface area contributed by atoms with Crippen LogP contribution in [0.25, 0.3) is 11.3 Å². The molecule has 3 nitrogen and oxygen atoms in total. The van der Waals surface area contributed by atoms with Gasteiger partial charge in [0.15, 0.2) is 0 Å². The highest BCUT2D eigenvalue weighted by molar-refractivity contribution is 5.79. The first-order chi connectivity index (χ1) is 14.7. The quantitative estimate of drug-likeness (QED) is 0.336. The van der Waals surface area contributed by atoms with Crippen LogP contribution in [0.3, 0.4) is 0 Å². The van der Waals surface area contributed by atoms with Crippen LogP contribution < -0.4 is 0 Å². The fraction of sp³-hybridized carbons (Fsp3) is 0.481. The Morgan fingerprint density at radius 2 is 1.83 bits per heavy atom. The molecule has 0 unspecified atom stereocenters. The van der Waals surface area contributed by atoms with Gasteiger partial charge in [-0.15, -0.1) is 0 Å². The zero-order valence-corrected chi connectivity index (χ0v) is 18.2. The van der Waals surface area contributed by atoms with Crippen LogP contribution >= 0.6 is 0 Å². The minimum Gasteiger partial charge on any atom is -0.478 e. The summed E-state index contributed by atoms with van der Waals surface area (Å²) in [5.74, 6) is 0.540. The summed E-state index contributed by atoms with van der Waals surface area (Å²) in [7, 11) is 0. The molecule has 0 atom stereocenters. The molecule has 1 aliphatic rings. The number of rotatable bonds is 10. The van der Waals surface area contributed by atoms with E-state index >= 15 is 0 Å². The molecule has 3 rings (SSSR count). The Hall–Kier alpha value is -2.42. The number of hydrogen-bond acceptors (Lipinski definition) is 2. The third-order valence-electron chi connectivity index (χ3n) is 6.42. The molecule has 30 heavy (non-hydrogen) atoms. The predicted octanol–water partition coefficient (Wildman–Crippen LogP) is 7.18. The smallest absolute Gasteiger partial charge is 0.327 e. The number of aliphatic carboxylic acids is 1. The van der Waals surface area contributed by atoms with Crippen LogP contribution in [0, 0.1) is 5.92 Å². The highest BCUT2D eigenvalue weighted by Gasteiger charge is 2.21. The van der Waals surface area contributed by atoms with E-state index in [2.05, 4.69) is 48.3 Å². The minimum atomic E-state index is -0.847. The van der Waals surface area contributed by atoms with Gasteiger partial charge in [-0.25, -0.2) is 4.79 Å². The van der Waals surface area contributed by atoms with E-state index in [9.17, 15) is 4.79 Å². The molecule has 1 fully saturated rings. The number of aromatic nitrogens is 1. The first-order valence-electron chi connectivity index (χ1n) is 11.6. The highest BCUT2D eigenvalue weighted by Crippen LogP contribution is 2.38. The van der Waals surface area contributed by atoms with Gasteiger partial charge in [0, 0.05) is 17.8 Å². The van der Waals surface area contributed by atoms with Gasteiger partial charge in [0.05, 0.1) is 5.69 Å². The summed E-state index contributed by atoms with van der Waals surface area (Å²) in [6.07, 6.45) is 16.9. The number of unbranched alkanes of at least 4 members (excludes halogenated alkanes) is 2. The van der Waals surface area contributed by atoms with Gasteiger partial charge in [-0.2, -0.15) is 0 Å². The fourth-order valence-corrected chi connectivity index (χ4v) is 4.55. The van der Waals surface area contributed by atoms with Gasteiger partial charge in [-0.05, 0) is 80.4 Å². The maximum atomic E-state index is 10.5. The van der Waals surface area contributed by atoms with E-state index < -0.39 is 5.97 Å². The lowest BCUT2D eigenvalue weighted by Crippen LogP contribution is -2.13. The van der Waals surface area contributed by atoms with E-state index in [0.29, 0.717) is 5.92 Å². The Morgan fingerprint density at radius 3 is 2.47 bits per heavy atom. The summed E-state index contributed by atoms with van der Waals surface area (Å²) in [5.41, 5.74) is 5.02. The number of allylic oxidation sites excluding steroid dienone is 1. The number of nitrogens with zero attached hydrogens (tertiary/aromatic N) is 1. The normalized spacial score (nSPS) is 19.2. The third kappa shape index (κ3) is 6.83. The Morgan fingerprint density at radius 1 is 1.07 bits per heavy atom. The predicted molar refractivity (Wildman–Crippen MR) is 124 cm³/mol. The lowest BCUT2D eigenvalue weighted by atomic mass is 9.77. The van der Waals surface area contributed by atoms with Crippen molar-refractivity contribution in [3.8, 4) is 11.3 Å². The largest absolute Gasteiger partial charge is 0.478 e. The number of carbonyl (C=O) groups is 1. The number of benzene rings is 1. The molecule has 160 valence electrons. The van der Waals surface area contributed by atoms with Crippen molar-refractivity contribution in [3.63, 3.8) is 0 Å². The summed E-state index contributed by atoms with van der Waals surface area (Å²) in [6.45, 7) is 2.24. The number of pyridine rings is 1. The van der Waals surface area contributed by atoms with Gasteiger partial charge in [0.25, 0.3) is 0 Å². The Kier molecular flexibility index (Phi) is 8.67. The van der Waals surface area contributed by atoms with Crippen molar-refractivity contribution in [3.05, 3.63) is 65.9 Å². The van der Waals surface area contributed by atoms with Crippen LogP contribution in [0.1, 0.15) is 81.8 Å². The standard InChI is InChI=1S/C27H35NO2/c1-2-3-4-8-22-12-19-26(28-20-22)25-17-15-24(16-18-25)23-13-10-21(11-14-23)7-5-6-9-27(29)30/h6,9,12,15-21,23H,2-5,7-8,10-11,13-14H2,1H3,(H,29,30)/b9-6+/t21-,23-. The van der Waals surface area contributed by atoms with Crippen molar-refractivity contribution in [2.24, 2.45) is 5.92 Å². The summed E-state index contributed by atoms with van der Waals surface area (Å²) >= 11 is 0. The van der Waals surface area contributed by atoms with Gasteiger partial charge < -0.3 is 5.11 Å². The number of carboxylic acids is 1. The van der Waals surface area contributed by atoms with E-state index in [-0.39, 0.29) is 0 Å². The van der Waals surface area contributed by atoms with Crippen molar-refractivity contribution in [2.75, 3.05) is 0 Å². The topological polar surface area (TPSA) is 50.2 Å². The zero-order valence-electron chi connectivity index (χ0n) is 18.2. The molecule has 0 aliphatic heterocycles. The molecule has 1 heterocycles. The lowest BCUT2D eigenvalue weighted by Gasteiger charge is -2.28. The van der Waals surface area contributed by atoms with Gasteiger partial charge >= 0.3 is 5.97 Å². The number of aryl methyl sites for hydroxylation is 1. The first-order valence-corrected chi connectivity index (χ1v) is 11.6. The SMILES string of the molecule is CCCCCc1ccc(-c2ccc([C@H]3CC[C@H](CC/C=C/C(=O)O)CC3)cc2)nc1. The van der Waals surface area contributed by atoms with Crippen LogP contribution in [0.15, 0.2) is 54.7 Å². The maximum Gasteiger partial charge on any atom is 0.327 e. The van der Waals surface area contributed by atoms with Crippen molar-refractivity contribution in [2.45, 2.75) is 77.0 Å². The average molecular weight is 406 g/mol. The molecule has 1 aliphatic carbocycles. The second-order valence-electron chi connectivity index (χ2n) is 8.67. The minimum absolute atomic E-state index is 0.652. The van der Waals surface area contributed by atoms with E-state index in [0.717, 1.165) is 30.9 Å². The fourth-order valence-electron chi connectivity index (χ4n) is 4.55. The average Bonchev–Trinajstić information content (AvgIpc) is 2.78. The van der Waals surface area contributed by atoms with Gasteiger partial charge in [0.2, 0.25) is 0 Å². The summed E-state index contributed by atoms with van der Waals surface area (Å²) < 4.78 is 0. The molecular formula is C27H35NO2. The van der Waals surface area contributed by atoms with Crippen LogP contribution in [-0.4, -0.2) is 16.1 Å². The first kappa shape index (κ1) is 22.3. The summed E-state index contributed by atoms with van der Waals surface area (Å²) in [5, 5.41) is 8.66. The van der Waals surface area contributed by atoms with E-state index in [4.69, 9.17) is 5.11 Å². The molecular weight excluding hydrogens is 370 g/mol. The molecule has 3 heteroatoms.